The topological polar surface area (TPSA) is 65.5 Å². The number of benzene rings is 2. The predicted molar refractivity (Wildman–Crippen MR) is 131 cm³/mol. The molecule has 32 heavy (non-hydrogen) atoms. The van der Waals surface area contributed by atoms with Crippen molar-refractivity contribution in [2.45, 2.75) is 19.5 Å². The number of carbonyl (C=O) groups excluding carboxylic acids is 1. The molecule has 0 radical (unpaired) electrons. The molecule has 0 aliphatic rings. The normalized spacial score (nSPS) is 11.0. The summed E-state index contributed by atoms with van der Waals surface area (Å²) in [5.41, 5.74) is 1.17. The molecule has 2 aromatic rings. The van der Waals surface area contributed by atoms with Gasteiger partial charge in [0, 0.05) is 31.3 Å². The second-order valence-electron chi connectivity index (χ2n) is 6.52. The van der Waals surface area contributed by atoms with Crippen LogP contribution in [-0.4, -0.2) is 38.5 Å². The number of hydrogen-bond donors (Lipinski definition) is 3. The second-order valence-corrected chi connectivity index (χ2v) is 6.52. The van der Waals surface area contributed by atoms with Gasteiger partial charge in [-0.25, -0.2) is 0 Å². The van der Waals surface area contributed by atoms with Crippen molar-refractivity contribution in [2.75, 3.05) is 26.7 Å². The van der Waals surface area contributed by atoms with Gasteiger partial charge in [0.2, 0.25) is 0 Å². The summed E-state index contributed by atoms with van der Waals surface area (Å²) in [4.78, 5) is 16.2. The summed E-state index contributed by atoms with van der Waals surface area (Å²) in [7, 11) is 1.59. The van der Waals surface area contributed by atoms with Gasteiger partial charge in [-0.1, -0.05) is 30.0 Å². The maximum atomic E-state index is 12.8. The van der Waals surface area contributed by atoms with Crippen molar-refractivity contribution in [1.29, 1.82) is 0 Å². The monoisotopic (exact) mass is 558 g/mol. The number of nitrogens with one attached hydrogen (secondary N) is 3. The lowest BCUT2D eigenvalue weighted by molar-refractivity contribution is -0.137. The molecule has 0 aliphatic heterocycles. The Morgan fingerprint density at radius 3 is 2.53 bits per heavy atom. The molecule has 0 spiro atoms. The first-order valence-corrected chi connectivity index (χ1v) is 9.82. The molecule has 1 amide bonds. The molecule has 172 valence electrons. The Hall–Kier alpha value is -2.74. The number of alkyl halides is 3. The maximum Gasteiger partial charge on any atom is 0.416 e. The minimum absolute atomic E-state index is 0. The molecule has 9 heteroatoms. The van der Waals surface area contributed by atoms with Crippen molar-refractivity contribution < 1.29 is 18.0 Å². The van der Waals surface area contributed by atoms with Crippen LogP contribution in [0.1, 0.15) is 34.0 Å². The molecule has 2 aromatic carbocycles. The van der Waals surface area contributed by atoms with Crippen LogP contribution < -0.4 is 16.0 Å². The number of amides is 1. The molecule has 0 saturated carbocycles. The van der Waals surface area contributed by atoms with Gasteiger partial charge in [-0.3, -0.25) is 9.79 Å². The third-order valence-corrected chi connectivity index (χ3v) is 4.20. The number of hydrogen-bond acceptors (Lipinski definition) is 2. The van der Waals surface area contributed by atoms with E-state index in [9.17, 15) is 18.0 Å². The smallest absolute Gasteiger partial charge is 0.357 e. The summed E-state index contributed by atoms with van der Waals surface area (Å²) in [6.07, 6.45) is -3.74. The van der Waals surface area contributed by atoms with E-state index in [0.717, 1.165) is 17.7 Å². The second kappa shape index (κ2) is 13.6. The zero-order valence-corrected chi connectivity index (χ0v) is 20.2. The van der Waals surface area contributed by atoms with Crippen LogP contribution in [-0.2, 0) is 12.6 Å². The molecular formula is C23H26F3IN4O. The zero-order chi connectivity index (χ0) is 22.7. The molecule has 0 heterocycles. The van der Waals surface area contributed by atoms with E-state index in [4.69, 9.17) is 0 Å². The van der Waals surface area contributed by atoms with Crippen LogP contribution >= 0.6 is 24.0 Å². The first-order chi connectivity index (χ1) is 14.8. The summed E-state index contributed by atoms with van der Waals surface area (Å²) in [6.45, 7) is 3.30. The highest BCUT2D eigenvalue weighted by Crippen LogP contribution is 2.29. The Morgan fingerprint density at radius 1 is 1.09 bits per heavy atom. The lowest BCUT2D eigenvalue weighted by Crippen LogP contribution is -2.37. The molecule has 0 aliphatic carbocycles. The molecule has 0 unspecified atom stereocenters. The van der Waals surface area contributed by atoms with Crippen molar-refractivity contribution in [3.05, 3.63) is 70.8 Å². The van der Waals surface area contributed by atoms with Gasteiger partial charge in [0.1, 0.15) is 0 Å². The van der Waals surface area contributed by atoms with Gasteiger partial charge < -0.3 is 16.0 Å². The fourth-order valence-corrected chi connectivity index (χ4v) is 2.70. The first-order valence-electron chi connectivity index (χ1n) is 9.82. The third kappa shape index (κ3) is 9.18. The average molecular weight is 558 g/mol. The van der Waals surface area contributed by atoms with Crippen molar-refractivity contribution >= 4 is 35.8 Å². The maximum absolute atomic E-state index is 12.8. The zero-order valence-electron chi connectivity index (χ0n) is 17.8. The Kier molecular flexibility index (Phi) is 11.6. The van der Waals surface area contributed by atoms with E-state index in [2.05, 4.69) is 32.8 Å². The van der Waals surface area contributed by atoms with Crippen molar-refractivity contribution in [3.63, 3.8) is 0 Å². The molecule has 2 rings (SSSR count). The molecule has 3 N–H and O–H groups in total. The number of halogens is 4. The van der Waals surface area contributed by atoms with Crippen molar-refractivity contribution in [3.8, 4) is 11.8 Å². The van der Waals surface area contributed by atoms with E-state index in [1.54, 1.807) is 13.1 Å². The van der Waals surface area contributed by atoms with Gasteiger partial charge in [0.15, 0.2) is 5.96 Å². The Morgan fingerprint density at radius 2 is 1.84 bits per heavy atom. The highest BCUT2D eigenvalue weighted by atomic mass is 127. The Labute approximate surface area is 203 Å². The van der Waals surface area contributed by atoms with E-state index in [0.29, 0.717) is 36.6 Å². The van der Waals surface area contributed by atoms with Gasteiger partial charge in [0.25, 0.3) is 5.91 Å². The standard InChI is InChI=1S/C23H25F3N4O.HI/c1-3-28-22(30-14-12-18-7-4-10-19(15-18)21(31)27-2)29-13-6-9-17-8-5-11-20(16-17)23(24,25)26;/h4-5,7-8,10-11,15-16H,3,12-14H2,1-2H3,(H,27,31)(H2,28,29,30);1H. The largest absolute Gasteiger partial charge is 0.416 e. The van der Waals surface area contributed by atoms with Gasteiger partial charge in [-0.15, -0.1) is 24.0 Å². The fraction of sp³-hybridized carbons (Fsp3) is 0.304. The number of rotatable bonds is 6. The Bertz CT molecular complexity index is 981. The van der Waals surface area contributed by atoms with E-state index < -0.39 is 11.7 Å². The van der Waals surface area contributed by atoms with Gasteiger partial charge in [-0.05, 0) is 49.2 Å². The van der Waals surface area contributed by atoms with E-state index in [-0.39, 0.29) is 36.4 Å². The minimum atomic E-state index is -4.39. The Balaban J connectivity index is 0.00000512. The summed E-state index contributed by atoms with van der Waals surface area (Å²) in [6, 6.07) is 12.3. The summed E-state index contributed by atoms with van der Waals surface area (Å²) in [5, 5.41) is 8.73. The SMILES string of the molecule is CCNC(=NCCc1cccc(C(=O)NC)c1)NCC#Cc1cccc(C(F)(F)F)c1.I. The predicted octanol–water partition coefficient (Wildman–Crippen LogP) is 3.83. The molecule has 0 atom stereocenters. The highest BCUT2D eigenvalue weighted by molar-refractivity contribution is 14.0. The number of aliphatic imine (C=N–C) groups is 1. The number of guanidine groups is 1. The lowest BCUT2D eigenvalue weighted by Gasteiger charge is -2.09. The van der Waals surface area contributed by atoms with Crippen LogP contribution in [0, 0.1) is 11.8 Å². The number of carbonyl (C=O) groups is 1. The summed E-state index contributed by atoms with van der Waals surface area (Å²) in [5.74, 6) is 5.96. The quantitative estimate of drug-likeness (QED) is 0.219. The van der Waals surface area contributed by atoms with E-state index in [1.807, 2.05) is 25.1 Å². The van der Waals surface area contributed by atoms with Crippen LogP contribution in [0.25, 0.3) is 0 Å². The molecule has 0 saturated heterocycles. The number of nitrogens with zero attached hydrogens (tertiary/aromatic N) is 1. The van der Waals surface area contributed by atoms with Crippen LogP contribution in [0.2, 0.25) is 0 Å². The average Bonchev–Trinajstić information content (AvgIpc) is 2.76. The molecular weight excluding hydrogens is 532 g/mol. The molecule has 5 nitrogen and oxygen atoms in total. The lowest BCUT2D eigenvalue weighted by atomic mass is 10.1. The van der Waals surface area contributed by atoms with Crippen molar-refractivity contribution in [1.82, 2.24) is 16.0 Å². The van der Waals surface area contributed by atoms with Gasteiger partial charge >= 0.3 is 6.18 Å². The third-order valence-electron chi connectivity index (χ3n) is 4.20. The molecule has 0 aromatic heterocycles. The van der Waals surface area contributed by atoms with E-state index >= 15 is 0 Å². The summed E-state index contributed by atoms with van der Waals surface area (Å²) < 4.78 is 38.3. The first kappa shape index (κ1) is 27.3. The van der Waals surface area contributed by atoms with Gasteiger partial charge in [-0.2, -0.15) is 13.2 Å². The van der Waals surface area contributed by atoms with Crippen LogP contribution in [0.4, 0.5) is 13.2 Å². The van der Waals surface area contributed by atoms with Gasteiger partial charge in [0.05, 0.1) is 12.1 Å². The highest BCUT2D eigenvalue weighted by Gasteiger charge is 2.30. The summed E-state index contributed by atoms with van der Waals surface area (Å²) >= 11 is 0. The van der Waals surface area contributed by atoms with Crippen LogP contribution in [0.15, 0.2) is 53.5 Å². The fourth-order valence-electron chi connectivity index (χ4n) is 2.70. The van der Waals surface area contributed by atoms with E-state index in [1.165, 1.54) is 12.1 Å². The van der Waals surface area contributed by atoms with Crippen molar-refractivity contribution in [2.24, 2.45) is 4.99 Å². The molecule has 0 bridgehead atoms. The van der Waals surface area contributed by atoms with Crippen LogP contribution in [0.5, 0.6) is 0 Å². The molecule has 0 fully saturated rings. The van der Waals surface area contributed by atoms with Crippen LogP contribution in [0.3, 0.4) is 0 Å². The minimum Gasteiger partial charge on any atom is -0.357 e.